The maximum Gasteiger partial charge on any atom is 0.269 e. The van der Waals surface area contributed by atoms with E-state index in [0.29, 0.717) is 6.04 Å². The summed E-state index contributed by atoms with van der Waals surface area (Å²) >= 11 is 1.80. The second-order valence-corrected chi connectivity index (χ2v) is 7.45. The Labute approximate surface area is 150 Å². The summed E-state index contributed by atoms with van der Waals surface area (Å²) in [6.07, 6.45) is 3.25. The summed E-state index contributed by atoms with van der Waals surface area (Å²) in [6, 6.07) is 15.6. The van der Waals surface area contributed by atoms with Gasteiger partial charge in [0.15, 0.2) is 0 Å². The lowest BCUT2D eigenvalue weighted by atomic mass is 10.1. The van der Waals surface area contributed by atoms with Crippen molar-refractivity contribution in [2.24, 2.45) is 0 Å². The van der Waals surface area contributed by atoms with Crippen molar-refractivity contribution in [3.05, 3.63) is 69.2 Å². The molecule has 2 aromatic carbocycles. The highest BCUT2D eigenvalue weighted by atomic mass is 32.1. The molecule has 6 heteroatoms. The summed E-state index contributed by atoms with van der Waals surface area (Å²) < 4.78 is 1.25. The van der Waals surface area contributed by atoms with E-state index < -0.39 is 0 Å². The molecule has 0 radical (unpaired) electrons. The molecular formula is C19H19N3O2S. The van der Waals surface area contributed by atoms with Crippen molar-refractivity contribution < 1.29 is 4.92 Å². The van der Waals surface area contributed by atoms with Crippen molar-refractivity contribution in [2.45, 2.75) is 25.3 Å². The third kappa shape index (κ3) is 3.41. The number of aromatic nitrogens is 1. The van der Waals surface area contributed by atoms with E-state index in [1.807, 2.05) is 18.2 Å². The number of fused-ring (bicyclic) bond motifs is 1. The Kier molecular flexibility index (Phi) is 4.46. The van der Waals surface area contributed by atoms with E-state index in [4.69, 9.17) is 4.98 Å². The average molecular weight is 353 g/mol. The molecule has 0 N–H and O–H groups in total. The number of nitrogens with zero attached hydrogens (tertiary/aromatic N) is 3. The number of rotatable bonds is 5. The SMILES string of the molecule is O=[N+]([O-])c1ccc(CCN2CCCC2c2nc3ccccc3s2)cc1. The van der Waals surface area contributed by atoms with Crippen LogP contribution in [0.1, 0.15) is 29.5 Å². The standard InChI is InChI=1S/C19H19N3O2S/c23-22(24)15-9-7-14(8-10-15)11-13-21-12-3-5-17(21)19-20-16-4-1-2-6-18(16)25-19/h1-2,4,6-10,17H,3,5,11-13H2. The first-order valence-corrected chi connectivity index (χ1v) is 9.35. The second-order valence-electron chi connectivity index (χ2n) is 6.39. The Morgan fingerprint density at radius 3 is 2.76 bits per heavy atom. The molecule has 5 nitrogen and oxygen atoms in total. The fourth-order valence-corrected chi connectivity index (χ4v) is 4.60. The molecule has 0 bridgehead atoms. The maximum absolute atomic E-state index is 10.7. The van der Waals surface area contributed by atoms with Gasteiger partial charge in [0.05, 0.1) is 21.2 Å². The van der Waals surface area contributed by atoms with Crippen LogP contribution in [0.4, 0.5) is 5.69 Å². The summed E-state index contributed by atoms with van der Waals surface area (Å²) in [6.45, 7) is 2.05. The Morgan fingerprint density at radius 1 is 1.20 bits per heavy atom. The zero-order valence-electron chi connectivity index (χ0n) is 13.8. The predicted octanol–water partition coefficient (Wildman–Crippen LogP) is 4.58. The van der Waals surface area contributed by atoms with Gasteiger partial charge in [0.25, 0.3) is 5.69 Å². The van der Waals surface area contributed by atoms with Crippen molar-refractivity contribution >= 4 is 27.2 Å². The van der Waals surface area contributed by atoms with Gasteiger partial charge in [-0.3, -0.25) is 15.0 Å². The minimum atomic E-state index is -0.354. The minimum absolute atomic E-state index is 0.150. The van der Waals surface area contributed by atoms with Crippen LogP contribution in [0.5, 0.6) is 0 Å². The zero-order chi connectivity index (χ0) is 17.2. The van der Waals surface area contributed by atoms with Crippen LogP contribution in [-0.2, 0) is 6.42 Å². The normalized spacial score (nSPS) is 18.0. The lowest BCUT2D eigenvalue weighted by Crippen LogP contribution is -2.25. The average Bonchev–Trinajstić information content (AvgIpc) is 3.26. The highest BCUT2D eigenvalue weighted by Gasteiger charge is 2.28. The number of likely N-dealkylation sites (tertiary alicyclic amines) is 1. The van der Waals surface area contributed by atoms with Gasteiger partial charge in [0, 0.05) is 18.7 Å². The Hall–Kier alpha value is -2.31. The first-order valence-electron chi connectivity index (χ1n) is 8.53. The first-order chi connectivity index (χ1) is 12.2. The van der Waals surface area contributed by atoms with Gasteiger partial charge in [-0.2, -0.15) is 0 Å². The summed E-state index contributed by atoms with van der Waals surface area (Å²) in [5.74, 6) is 0. The van der Waals surface area contributed by atoms with Crippen molar-refractivity contribution in [3.8, 4) is 0 Å². The number of nitro benzene ring substituents is 1. The number of thiazole rings is 1. The minimum Gasteiger partial charge on any atom is -0.294 e. The molecule has 1 aliphatic rings. The summed E-state index contributed by atoms with van der Waals surface area (Å²) in [5, 5.41) is 12.0. The predicted molar refractivity (Wildman–Crippen MR) is 100.0 cm³/mol. The molecule has 1 fully saturated rings. The molecule has 1 unspecified atom stereocenters. The third-order valence-corrected chi connectivity index (χ3v) is 5.93. The van der Waals surface area contributed by atoms with Crippen LogP contribution < -0.4 is 0 Å². The first kappa shape index (κ1) is 16.2. The lowest BCUT2D eigenvalue weighted by Gasteiger charge is -2.22. The molecule has 0 saturated carbocycles. The topological polar surface area (TPSA) is 59.3 Å². The van der Waals surface area contributed by atoms with Gasteiger partial charge in [-0.25, -0.2) is 4.98 Å². The van der Waals surface area contributed by atoms with Crippen molar-refractivity contribution in [2.75, 3.05) is 13.1 Å². The van der Waals surface area contributed by atoms with Gasteiger partial charge in [0.1, 0.15) is 5.01 Å². The van der Waals surface area contributed by atoms with Crippen LogP contribution >= 0.6 is 11.3 Å². The van der Waals surface area contributed by atoms with Crippen LogP contribution in [0.25, 0.3) is 10.2 Å². The smallest absolute Gasteiger partial charge is 0.269 e. The van der Waals surface area contributed by atoms with Crippen LogP contribution in [0, 0.1) is 10.1 Å². The van der Waals surface area contributed by atoms with E-state index in [1.165, 1.54) is 16.1 Å². The maximum atomic E-state index is 10.7. The van der Waals surface area contributed by atoms with E-state index in [0.717, 1.165) is 37.0 Å². The van der Waals surface area contributed by atoms with Crippen LogP contribution in [-0.4, -0.2) is 27.9 Å². The molecule has 3 aromatic rings. The third-order valence-electron chi connectivity index (χ3n) is 4.79. The van der Waals surface area contributed by atoms with E-state index >= 15 is 0 Å². The quantitative estimate of drug-likeness (QED) is 0.497. The molecule has 0 aliphatic carbocycles. The summed E-state index contributed by atoms with van der Waals surface area (Å²) in [5.41, 5.74) is 2.38. The van der Waals surface area contributed by atoms with E-state index in [-0.39, 0.29) is 10.6 Å². The van der Waals surface area contributed by atoms with Crippen molar-refractivity contribution in [1.82, 2.24) is 9.88 Å². The summed E-state index contributed by atoms with van der Waals surface area (Å²) in [7, 11) is 0. The highest BCUT2D eigenvalue weighted by Crippen LogP contribution is 2.36. The molecule has 1 atom stereocenters. The largest absolute Gasteiger partial charge is 0.294 e. The number of non-ortho nitro benzene ring substituents is 1. The Morgan fingerprint density at radius 2 is 2.00 bits per heavy atom. The number of nitro groups is 1. The van der Waals surface area contributed by atoms with Crippen LogP contribution in [0.3, 0.4) is 0 Å². The zero-order valence-corrected chi connectivity index (χ0v) is 14.6. The fraction of sp³-hybridized carbons (Fsp3) is 0.316. The van der Waals surface area contributed by atoms with Gasteiger partial charge in [-0.15, -0.1) is 11.3 Å². The number of para-hydroxylation sites is 1. The van der Waals surface area contributed by atoms with E-state index in [2.05, 4.69) is 23.1 Å². The second kappa shape index (κ2) is 6.90. The summed E-state index contributed by atoms with van der Waals surface area (Å²) in [4.78, 5) is 17.7. The van der Waals surface area contributed by atoms with Crippen molar-refractivity contribution in [1.29, 1.82) is 0 Å². The van der Waals surface area contributed by atoms with Gasteiger partial charge in [-0.1, -0.05) is 24.3 Å². The van der Waals surface area contributed by atoms with E-state index in [9.17, 15) is 10.1 Å². The molecule has 25 heavy (non-hydrogen) atoms. The number of benzene rings is 2. The highest BCUT2D eigenvalue weighted by molar-refractivity contribution is 7.18. The number of hydrogen-bond acceptors (Lipinski definition) is 5. The Balaban J connectivity index is 1.45. The van der Waals surface area contributed by atoms with Gasteiger partial charge < -0.3 is 0 Å². The molecule has 1 aromatic heterocycles. The molecule has 0 spiro atoms. The Bertz CT molecular complexity index is 858. The molecule has 4 rings (SSSR count). The molecular weight excluding hydrogens is 334 g/mol. The fourth-order valence-electron chi connectivity index (χ4n) is 3.46. The molecule has 1 aliphatic heterocycles. The molecule has 2 heterocycles. The molecule has 128 valence electrons. The van der Waals surface area contributed by atoms with Gasteiger partial charge in [-0.05, 0) is 43.5 Å². The van der Waals surface area contributed by atoms with Gasteiger partial charge >= 0.3 is 0 Å². The monoisotopic (exact) mass is 353 g/mol. The van der Waals surface area contributed by atoms with E-state index in [1.54, 1.807) is 23.5 Å². The van der Waals surface area contributed by atoms with Crippen LogP contribution in [0.15, 0.2) is 48.5 Å². The van der Waals surface area contributed by atoms with Crippen molar-refractivity contribution in [3.63, 3.8) is 0 Å². The molecule has 1 saturated heterocycles. The lowest BCUT2D eigenvalue weighted by molar-refractivity contribution is -0.384. The van der Waals surface area contributed by atoms with Gasteiger partial charge in [0.2, 0.25) is 0 Å². The number of hydrogen-bond donors (Lipinski definition) is 0. The molecule has 0 amide bonds. The van der Waals surface area contributed by atoms with Crippen LogP contribution in [0.2, 0.25) is 0 Å².